The minimum absolute atomic E-state index is 0.107. The zero-order valence-corrected chi connectivity index (χ0v) is 9.05. The van der Waals surface area contributed by atoms with Crippen molar-refractivity contribution in [3.8, 4) is 11.5 Å². The Morgan fingerprint density at radius 2 is 2.00 bits per heavy atom. The molecule has 0 atom stereocenters. The van der Waals surface area contributed by atoms with Gasteiger partial charge in [-0.15, -0.1) is 0 Å². The number of benzene rings is 1. The van der Waals surface area contributed by atoms with Gasteiger partial charge in [0.2, 0.25) is 0 Å². The Balaban J connectivity index is 2.90. The number of likely N-dealkylation sites (N-methyl/N-ethyl adjacent to an activating group) is 1. The van der Waals surface area contributed by atoms with Crippen LogP contribution in [-0.4, -0.2) is 45.8 Å². The first-order chi connectivity index (χ1) is 7.60. The highest BCUT2D eigenvalue weighted by molar-refractivity contribution is 5.94. The van der Waals surface area contributed by atoms with Gasteiger partial charge in [-0.1, -0.05) is 0 Å². The molecule has 5 nitrogen and oxygen atoms in total. The van der Waals surface area contributed by atoms with Crippen LogP contribution in [0.25, 0.3) is 0 Å². The molecule has 0 heterocycles. The van der Waals surface area contributed by atoms with E-state index in [2.05, 4.69) is 0 Å². The molecule has 0 radical (unpaired) electrons. The number of hydrogen-bond acceptors (Lipinski definition) is 4. The van der Waals surface area contributed by atoms with E-state index in [-0.39, 0.29) is 36.1 Å². The van der Waals surface area contributed by atoms with Crippen LogP contribution in [0.3, 0.4) is 0 Å². The highest BCUT2D eigenvalue weighted by Gasteiger charge is 2.14. The summed E-state index contributed by atoms with van der Waals surface area (Å²) < 4.78 is 0. The molecule has 5 heteroatoms. The van der Waals surface area contributed by atoms with Gasteiger partial charge in [0.05, 0.1) is 6.61 Å². The molecule has 16 heavy (non-hydrogen) atoms. The molecular weight excluding hydrogens is 210 g/mol. The Morgan fingerprint density at radius 3 is 2.50 bits per heavy atom. The Labute approximate surface area is 93.6 Å². The Bertz CT molecular complexity index is 378. The van der Waals surface area contributed by atoms with Crippen molar-refractivity contribution in [2.24, 2.45) is 0 Å². The maximum Gasteiger partial charge on any atom is 0.254 e. The molecule has 0 spiro atoms. The number of phenolic OH excluding ortho intramolecular Hbond substituents is 2. The Morgan fingerprint density at radius 1 is 1.31 bits per heavy atom. The molecule has 0 saturated carbocycles. The van der Waals surface area contributed by atoms with Crippen LogP contribution >= 0.6 is 0 Å². The van der Waals surface area contributed by atoms with Crippen LogP contribution < -0.4 is 0 Å². The molecule has 1 aromatic rings. The van der Waals surface area contributed by atoms with E-state index in [0.717, 1.165) is 0 Å². The topological polar surface area (TPSA) is 81.0 Å². The van der Waals surface area contributed by atoms with Gasteiger partial charge in [0.25, 0.3) is 5.91 Å². The van der Waals surface area contributed by atoms with Crippen molar-refractivity contribution in [3.63, 3.8) is 0 Å². The highest BCUT2D eigenvalue weighted by Crippen LogP contribution is 2.25. The minimum Gasteiger partial charge on any atom is -0.504 e. The average Bonchev–Trinajstić information content (AvgIpc) is 2.28. The van der Waals surface area contributed by atoms with Crippen molar-refractivity contribution < 1.29 is 20.1 Å². The lowest BCUT2D eigenvalue weighted by Gasteiger charge is -2.19. The zero-order valence-electron chi connectivity index (χ0n) is 9.05. The number of aliphatic hydroxyl groups excluding tert-OH is 1. The summed E-state index contributed by atoms with van der Waals surface area (Å²) in [7, 11) is 0. The molecule has 1 amide bonds. The first-order valence-corrected chi connectivity index (χ1v) is 5.02. The molecule has 0 saturated heterocycles. The largest absolute Gasteiger partial charge is 0.504 e. The lowest BCUT2D eigenvalue weighted by molar-refractivity contribution is 0.0731. The number of aromatic hydroxyl groups is 2. The number of phenols is 2. The zero-order chi connectivity index (χ0) is 12.1. The van der Waals surface area contributed by atoms with Crippen LogP contribution in [0.15, 0.2) is 18.2 Å². The van der Waals surface area contributed by atoms with Gasteiger partial charge in [-0.05, 0) is 25.1 Å². The predicted octanol–water partition coefficient (Wildman–Crippen LogP) is 0.552. The van der Waals surface area contributed by atoms with E-state index in [1.54, 1.807) is 6.92 Å². The molecule has 0 aliphatic rings. The van der Waals surface area contributed by atoms with Crippen LogP contribution in [0, 0.1) is 0 Å². The average molecular weight is 225 g/mol. The van der Waals surface area contributed by atoms with Crippen molar-refractivity contribution in [3.05, 3.63) is 23.8 Å². The van der Waals surface area contributed by atoms with Crippen LogP contribution in [0.1, 0.15) is 17.3 Å². The summed E-state index contributed by atoms with van der Waals surface area (Å²) in [5.74, 6) is -0.875. The van der Waals surface area contributed by atoms with Crippen LogP contribution in [0.2, 0.25) is 0 Å². The van der Waals surface area contributed by atoms with Crippen molar-refractivity contribution in [2.45, 2.75) is 6.92 Å². The van der Waals surface area contributed by atoms with Crippen molar-refractivity contribution >= 4 is 5.91 Å². The van der Waals surface area contributed by atoms with E-state index >= 15 is 0 Å². The maximum absolute atomic E-state index is 11.9. The van der Waals surface area contributed by atoms with Crippen LogP contribution in [0.4, 0.5) is 0 Å². The monoisotopic (exact) mass is 225 g/mol. The van der Waals surface area contributed by atoms with Gasteiger partial charge in [-0.3, -0.25) is 4.79 Å². The van der Waals surface area contributed by atoms with Crippen molar-refractivity contribution in [1.29, 1.82) is 0 Å². The summed E-state index contributed by atoms with van der Waals surface area (Å²) in [5.41, 5.74) is 0.283. The fraction of sp³-hybridized carbons (Fsp3) is 0.364. The molecule has 0 aromatic heterocycles. The van der Waals surface area contributed by atoms with E-state index in [1.807, 2.05) is 0 Å². The summed E-state index contributed by atoms with van der Waals surface area (Å²) in [6, 6.07) is 3.89. The third kappa shape index (κ3) is 2.64. The Hall–Kier alpha value is -1.75. The van der Waals surface area contributed by atoms with Crippen LogP contribution in [0.5, 0.6) is 11.5 Å². The van der Waals surface area contributed by atoms with E-state index < -0.39 is 0 Å². The van der Waals surface area contributed by atoms with Crippen molar-refractivity contribution in [1.82, 2.24) is 4.90 Å². The standard InChI is InChI=1S/C11H15NO4/c1-2-12(5-6-13)11(16)8-3-4-9(14)10(15)7-8/h3-4,7,13-15H,2,5-6H2,1H3. The number of aliphatic hydroxyl groups is 1. The lowest BCUT2D eigenvalue weighted by atomic mass is 10.1. The number of carbonyl (C=O) groups excluding carboxylic acids is 1. The summed E-state index contributed by atoms with van der Waals surface area (Å²) in [6.07, 6.45) is 0. The second-order valence-corrected chi connectivity index (χ2v) is 3.31. The van der Waals surface area contributed by atoms with Gasteiger partial charge in [0.15, 0.2) is 11.5 Å². The second kappa shape index (κ2) is 5.37. The summed E-state index contributed by atoms with van der Waals surface area (Å²) >= 11 is 0. The van der Waals surface area contributed by atoms with Gasteiger partial charge >= 0.3 is 0 Å². The van der Waals surface area contributed by atoms with Gasteiger partial charge in [0.1, 0.15) is 0 Å². The number of hydrogen-bond donors (Lipinski definition) is 3. The Kier molecular flexibility index (Phi) is 4.13. The van der Waals surface area contributed by atoms with Gasteiger partial charge in [0, 0.05) is 18.7 Å². The van der Waals surface area contributed by atoms with Gasteiger partial charge < -0.3 is 20.2 Å². The molecule has 0 aliphatic heterocycles. The molecule has 1 rings (SSSR count). The molecule has 0 unspecified atom stereocenters. The van der Waals surface area contributed by atoms with Gasteiger partial charge in [-0.25, -0.2) is 0 Å². The summed E-state index contributed by atoms with van der Waals surface area (Å²) in [6.45, 7) is 2.41. The summed E-state index contributed by atoms with van der Waals surface area (Å²) in [4.78, 5) is 13.3. The third-order valence-corrected chi connectivity index (χ3v) is 2.26. The SMILES string of the molecule is CCN(CCO)C(=O)c1ccc(O)c(O)c1. The fourth-order valence-corrected chi connectivity index (χ4v) is 1.36. The second-order valence-electron chi connectivity index (χ2n) is 3.31. The van der Waals surface area contributed by atoms with E-state index in [9.17, 15) is 9.90 Å². The number of rotatable bonds is 4. The van der Waals surface area contributed by atoms with E-state index in [0.29, 0.717) is 6.54 Å². The lowest BCUT2D eigenvalue weighted by Crippen LogP contribution is -2.33. The molecular formula is C11H15NO4. The molecule has 0 fully saturated rings. The normalized spacial score (nSPS) is 10.1. The number of amides is 1. The fourth-order valence-electron chi connectivity index (χ4n) is 1.36. The summed E-state index contributed by atoms with van der Waals surface area (Å²) in [5, 5.41) is 27.2. The third-order valence-electron chi connectivity index (χ3n) is 2.26. The number of carbonyl (C=O) groups is 1. The minimum atomic E-state index is -0.328. The molecule has 88 valence electrons. The van der Waals surface area contributed by atoms with Gasteiger partial charge in [-0.2, -0.15) is 0 Å². The molecule has 1 aromatic carbocycles. The van der Waals surface area contributed by atoms with Crippen molar-refractivity contribution in [2.75, 3.05) is 19.7 Å². The molecule has 0 bridgehead atoms. The quantitative estimate of drug-likeness (QED) is 0.654. The van der Waals surface area contributed by atoms with E-state index in [1.165, 1.54) is 23.1 Å². The first kappa shape index (κ1) is 12.3. The maximum atomic E-state index is 11.9. The molecule has 3 N–H and O–H groups in total. The van der Waals surface area contributed by atoms with E-state index in [4.69, 9.17) is 10.2 Å². The first-order valence-electron chi connectivity index (χ1n) is 5.02. The molecule has 0 aliphatic carbocycles. The highest BCUT2D eigenvalue weighted by atomic mass is 16.3. The van der Waals surface area contributed by atoms with Crippen LogP contribution in [-0.2, 0) is 0 Å². The number of nitrogens with zero attached hydrogens (tertiary/aromatic N) is 1. The smallest absolute Gasteiger partial charge is 0.254 e. The predicted molar refractivity (Wildman–Crippen MR) is 58.4 cm³/mol.